The maximum absolute atomic E-state index is 11.6. The van der Waals surface area contributed by atoms with E-state index < -0.39 is 0 Å². The highest BCUT2D eigenvalue weighted by Gasteiger charge is 2.09. The Labute approximate surface area is 145 Å². The average molecular weight is 327 g/mol. The van der Waals surface area contributed by atoms with E-state index in [4.69, 9.17) is 0 Å². The van der Waals surface area contributed by atoms with E-state index in [2.05, 4.69) is 39.6 Å². The summed E-state index contributed by atoms with van der Waals surface area (Å²) in [7, 11) is 0. The van der Waals surface area contributed by atoms with E-state index in [0.717, 1.165) is 38.8 Å². The first-order valence-electron chi connectivity index (χ1n) is 8.10. The van der Waals surface area contributed by atoms with Gasteiger partial charge < -0.3 is 10.3 Å². The lowest BCUT2D eigenvalue weighted by atomic mass is 9.96. The van der Waals surface area contributed by atoms with E-state index in [0.29, 0.717) is 0 Å². The zero-order valence-electron chi connectivity index (χ0n) is 13.8. The molecule has 0 saturated carbocycles. The van der Waals surface area contributed by atoms with Gasteiger partial charge in [0.2, 0.25) is 5.91 Å². The highest BCUT2D eigenvalue weighted by atomic mass is 16.1. The van der Waals surface area contributed by atoms with Crippen LogP contribution in [-0.2, 0) is 4.79 Å². The van der Waals surface area contributed by atoms with E-state index in [1.54, 1.807) is 12.4 Å². The van der Waals surface area contributed by atoms with E-state index in [1.165, 1.54) is 6.92 Å². The maximum Gasteiger partial charge on any atom is 0.221 e. The van der Waals surface area contributed by atoms with Crippen molar-refractivity contribution in [2.45, 2.75) is 6.92 Å². The molecule has 0 aliphatic heterocycles. The van der Waals surface area contributed by atoms with Crippen LogP contribution in [0.1, 0.15) is 6.92 Å². The van der Waals surface area contributed by atoms with Crippen LogP contribution in [0.15, 0.2) is 73.2 Å². The Hall–Kier alpha value is -3.40. The summed E-state index contributed by atoms with van der Waals surface area (Å²) in [5.74, 6) is -0.0855. The first-order valence-corrected chi connectivity index (χ1v) is 8.10. The molecule has 2 heterocycles. The number of aromatic nitrogens is 2. The average Bonchev–Trinajstić information content (AvgIpc) is 3.10. The van der Waals surface area contributed by atoms with Crippen LogP contribution in [0, 0.1) is 0 Å². The summed E-state index contributed by atoms with van der Waals surface area (Å²) in [6.07, 6.45) is 5.48. The number of carbonyl (C=O) groups is 1. The summed E-state index contributed by atoms with van der Waals surface area (Å²) in [6.45, 7) is 1.52. The topological polar surface area (TPSA) is 57.8 Å². The number of aromatic amines is 1. The van der Waals surface area contributed by atoms with Gasteiger partial charge in [-0.15, -0.1) is 0 Å². The second-order valence-electron chi connectivity index (χ2n) is 5.96. The van der Waals surface area contributed by atoms with Gasteiger partial charge in [0.05, 0.1) is 0 Å². The SMILES string of the molecule is CC(=O)Nc1cc(-c2ccncc2)cc(-c2cccc3[nH]ccc23)c1. The Balaban J connectivity index is 1.92. The minimum Gasteiger partial charge on any atom is -0.361 e. The number of rotatable bonds is 3. The third-order valence-electron chi connectivity index (χ3n) is 4.17. The molecule has 1 amide bonds. The standard InChI is InChI=1S/C21H17N3O/c1-14(25)24-18-12-16(15-5-8-22-9-6-15)11-17(13-18)19-3-2-4-21-20(19)7-10-23-21/h2-13,23H,1H3,(H,24,25). The lowest BCUT2D eigenvalue weighted by Crippen LogP contribution is -2.05. The number of hydrogen-bond acceptors (Lipinski definition) is 2. The molecule has 0 saturated heterocycles. The summed E-state index contributed by atoms with van der Waals surface area (Å²) < 4.78 is 0. The van der Waals surface area contributed by atoms with Crippen molar-refractivity contribution in [3.05, 3.63) is 73.2 Å². The van der Waals surface area contributed by atoms with Crippen LogP contribution in [0.2, 0.25) is 0 Å². The lowest BCUT2D eigenvalue weighted by molar-refractivity contribution is -0.114. The molecule has 2 N–H and O–H groups in total. The maximum atomic E-state index is 11.6. The van der Waals surface area contributed by atoms with Crippen molar-refractivity contribution in [1.82, 2.24) is 9.97 Å². The Morgan fingerprint density at radius 2 is 1.76 bits per heavy atom. The second kappa shape index (κ2) is 6.24. The highest BCUT2D eigenvalue weighted by molar-refractivity contribution is 5.98. The molecule has 0 unspecified atom stereocenters. The molecule has 25 heavy (non-hydrogen) atoms. The van der Waals surface area contributed by atoms with Gasteiger partial charge in [0, 0.05) is 42.1 Å². The van der Waals surface area contributed by atoms with Crippen LogP contribution in [0.4, 0.5) is 5.69 Å². The Morgan fingerprint density at radius 1 is 0.960 bits per heavy atom. The van der Waals surface area contributed by atoms with Crippen molar-refractivity contribution in [1.29, 1.82) is 0 Å². The number of benzene rings is 2. The van der Waals surface area contributed by atoms with Crippen LogP contribution in [0.3, 0.4) is 0 Å². The first kappa shape index (κ1) is 15.1. The number of hydrogen-bond donors (Lipinski definition) is 2. The van der Waals surface area contributed by atoms with Gasteiger partial charge in [-0.05, 0) is 64.7 Å². The molecule has 0 aliphatic carbocycles. The third kappa shape index (κ3) is 3.02. The molecule has 2 aromatic heterocycles. The summed E-state index contributed by atoms with van der Waals surface area (Å²) in [4.78, 5) is 18.9. The molecular weight excluding hydrogens is 310 g/mol. The minimum absolute atomic E-state index is 0.0855. The van der Waals surface area contributed by atoms with E-state index >= 15 is 0 Å². The summed E-state index contributed by atoms with van der Waals surface area (Å²) in [6, 6.07) is 18.3. The molecule has 0 bridgehead atoms. The van der Waals surface area contributed by atoms with Gasteiger partial charge in [-0.2, -0.15) is 0 Å². The van der Waals surface area contributed by atoms with Crippen LogP contribution in [0.5, 0.6) is 0 Å². The van der Waals surface area contributed by atoms with Gasteiger partial charge in [-0.25, -0.2) is 0 Å². The van der Waals surface area contributed by atoms with Gasteiger partial charge >= 0.3 is 0 Å². The van der Waals surface area contributed by atoms with Gasteiger partial charge in [0.1, 0.15) is 0 Å². The predicted octanol–water partition coefficient (Wildman–Crippen LogP) is 4.86. The monoisotopic (exact) mass is 327 g/mol. The molecule has 4 aromatic rings. The number of carbonyl (C=O) groups excluding carboxylic acids is 1. The third-order valence-corrected chi connectivity index (χ3v) is 4.17. The molecule has 4 rings (SSSR count). The molecule has 0 fully saturated rings. The van der Waals surface area contributed by atoms with E-state index in [-0.39, 0.29) is 5.91 Å². The van der Waals surface area contributed by atoms with Crippen molar-refractivity contribution < 1.29 is 4.79 Å². The molecule has 4 nitrogen and oxygen atoms in total. The lowest BCUT2D eigenvalue weighted by Gasteiger charge is -2.12. The molecule has 122 valence electrons. The number of amides is 1. The quantitative estimate of drug-likeness (QED) is 0.565. The molecule has 4 heteroatoms. The summed E-state index contributed by atoms with van der Waals surface area (Å²) >= 11 is 0. The molecular formula is C21H17N3O. The number of pyridine rings is 1. The summed E-state index contributed by atoms with van der Waals surface area (Å²) in [5, 5.41) is 4.06. The Morgan fingerprint density at radius 3 is 2.56 bits per heavy atom. The van der Waals surface area contributed by atoms with Crippen molar-refractivity contribution in [2.75, 3.05) is 5.32 Å². The van der Waals surface area contributed by atoms with Crippen molar-refractivity contribution in [2.24, 2.45) is 0 Å². The van der Waals surface area contributed by atoms with Crippen LogP contribution in [0.25, 0.3) is 33.2 Å². The first-order chi connectivity index (χ1) is 12.2. The number of nitrogens with zero attached hydrogens (tertiary/aromatic N) is 1. The highest BCUT2D eigenvalue weighted by Crippen LogP contribution is 2.34. The van der Waals surface area contributed by atoms with Crippen LogP contribution >= 0.6 is 0 Å². The fraction of sp³-hybridized carbons (Fsp3) is 0.0476. The molecule has 2 aromatic carbocycles. The van der Waals surface area contributed by atoms with Gasteiger partial charge in [-0.3, -0.25) is 9.78 Å². The fourth-order valence-corrected chi connectivity index (χ4v) is 3.11. The van der Waals surface area contributed by atoms with Crippen LogP contribution < -0.4 is 5.32 Å². The minimum atomic E-state index is -0.0855. The molecule has 0 aliphatic rings. The zero-order valence-corrected chi connectivity index (χ0v) is 13.8. The fourth-order valence-electron chi connectivity index (χ4n) is 3.11. The molecule has 0 spiro atoms. The normalized spacial score (nSPS) is 10.8. The molecule has 0 radical (unpaired) electrons. The van der Waals surface area contributed by atoms with Gasteiger partial charge in [0.15, 0.2) is 0 Å². The van der Waals surface area contributed by atoms with Crippen LogP contribution in [-0.4, -0.2) is 15.9 Å². The van der Waals surface area contributed by atoms with Crippen molar-refractivity contribution >= 4 is 22.5 Å². The van der Waals surface area contributed by atoms with E-state index in [9.17, 15) is 4.79 Å². The number of fused-ring (bicyclic) bond motifs is 1. The smallest absolute Gasteiger partial charge is 0.221 e. The zero-order chi connectivity index (χ0) is 17.2. The Kier molecular flexibility index (Phi) is 3.78. The largest absolute Gasteiger partial charge is 0.361 e. The Bertz CT molecular complexity index is 1050. The number of anilines is 1. The predicted molar refractivity (Wildman–Crippen MR) is 101 cm³/mol. The number of H-pyrrole nitrogens is 1. The van der Waals surface area contributed by atoms with Gasteiger partial charge in [0.25, 0.3) is 0 Å². The molecule has 0 atom stereocenters. The van der Waals surface area contributed by atoms with E-state index in [1.807, 2.05) is 36.5 Å². The summed E-state index contributed by atoms with van der Waals surface area (Å²) in [5.41, 5.74) is 6.16. The second-order valence-corrected chi connectivity index (χ2v) is 5.96. The van der Waals surface area contributed by atoms with Crippen molar-refractivity contribution in [3.8, 4) is 22.3 Å². The number of nitrogens with one attached hydrogen (secondary N) is 2. The van der Waals surface area contributed by atoms with Crippen molar-refractivity contribution in [3.63, 3.8) is 0 Å². The van der Waals surface area contributed by atoms with Gasteiger partial charge in [-0.1, -0.05) is 12.1 Å².